The maximum absolute atomic E-state index is 11.3. The van der Waals surface area contributed by atoms with E-state index in [-0.39, 0.29) is 13.2 Å². The normalized spacial score (nSPS) is 10.5. The van der Waals surface area contributed by atoms with Crippen LogP contribution in [0, 0.1) is 0 Å². The van der Waals surface area contributed by atoms with Gasteiger partial charge in [-0.05, 0) is 19.1 Å². The van der Waals surface area contributed by atoms with Gasteiger partial charge < -0.3 is 19.4 Å². The van der Waals surface area contributed by atoms with E-state index in [9.17, 15) is 4.79 Å². The lowest BCUT2D eigenvalue weighted by atomic mass is 10.2. The van der Waals surface area contributed by atoms with E-state index in [1.165, 1.54) is 13.3 Å². The number of rotatable bonds is 6. The maximum atomic E-state index is 11.3. The molecule has 0 unspecified atom stereocenters. The van der Waals surface area contributed by atoms with Crippen molar-refractivity contribution in [3.63, 3.8) is 0 Å². The first kappa shape index (κ1) is 15.3. The van der Waals surface area contributed by atoms with Crippen LogP contribution in [0.1, 0.15) is 12.5 Å². The molecule has 1 aromatic rings. The van der Waals surface area contributed by atoms with Crippen LogP contribution in [0.2, 0.25) is 0 Å². The number of nitrogens with zero attached hydrogens (tertiary/aromatic N) is 1. The Morgan fingerprint density at radius 1 is 1.53 bits per heavy atom. The Morgan fingerprint density at radius 2 is 2.26 bits per heavy atom. The van der Waals surface area contributed by atoms with E-state index in [1.54, 1.807) is 19.1 Å². The number of esters is 1. The first-order chi connectivity index (χ1) is 9.12. The molecule has 0 heterocycles. The quantitative estimate of drug-likeness (QED) is 0.374. The van der Waals surface area contributed by atoms with Crippen LogP contribution in [0.3, 0.4) is 0 Å². The molecule has 0 aromatic heterocycles. The number of halogens is 1. The summed E-state index contributed by atoms with van der Waals surface area (Å²) in [7, 11) is 1.47. The number of ether oxygens (including phenoxy) is 3. The number of methoxy groups -OCH3 is 1. The number of oxime groups is 1. The van der Waals surface area contributed by atoms with E-state index < -0.39 is 5.97 Å². The topological polar surface area (TPSA) is 77.4 Å². The molecule has 1 aromatic carbocycles. The lowest BCUT2D eigenvalue weighted by Gasteiger charge is -2.13. The van der Waals surface area contributed by atoms with Gasteiger partial charge in [0.05, 0.1) is 19.9 Å². The first-order valence-corrected chi connectivity index (χ1v) is 6.25. The van der Waals surface area contributed by atoms with Gasteiger partial charge in [0.1, 0.15) is 0 Å². The van der Waals surface area contributed by atoms with Crippen molar-refractivity contribution < 1.29 is 24.2 Å². The summed E-state index contributed by atoms with van der Waals surface area (Å²) in [5.41, 5.74) is 0.470. The summed E-state index contributed by atoms with van der Waals surface area (Å²) in [5, 5.41) is 11.6. The molecule has 0 bridgehead atoms. The van der Waals surface area contributed by atoms with E-state index >= 15 is 0 Å². The zero-order valence-corrected chi connectivity index (χ0v) is 12.1. The monoisotopic (exact) mass is 331 g/mol. The molecule has 0 aliphatic carbocycles. The standard InChI is InChI=1S/C12H14BrNO5/c1-3-18-11(15)7-19-12-8(6-14-16)4-9(13)5-10(12)17-2/h4-6,16H,3,7H2,1-2H3/b14-6+. The lowest BCUT2D eigenvalue weighted by Crippen LogP contribution is -2.15. The van der Waals surface area contributed by atoms with Gasteiger partial charge in [0, 0.05) is 10.0 Å². The SMILES string of the molecule is CCOC(=O)COc1c(/C=N/O)cc(Br)cc1OC. The van der Waals surface area contributed by atoms with Crippen LogP contribution in [0.15, 0.2) is 21.8 Å². The first-order valence-electron chi connectivity index (χ1n) is 5.45. The van der Waals surface area contributed by atoms with E-state index in [1.807, 2.05) is 0 Å². The minimum absolute atomic E-state index is 0.252. The van der Waals surface area contributed by atoms with Crippen molar-refractivity contribution in [3.05, 3.63) is 22.2 Å². The largest absolute Gasteiger partial charge is 0.493 e. The highest BCUT2D eigenvalue weighted by Gasteiger charge is 2.14. The third-order valence-electron chi connectivity index (χ3n) is 2.10. The van der Waals surface area contributed by atoms with Crippen molar-refractivity contribution in [2.75, 3.05) is 20.3 Å². The zero-order valence-electron chi connectivity index (χ0n) is 10.6. The second-order valence-electron chi connectivity index (χ2n) is 3.36. The highest BCUT2D eigenvalue weighted by atomic mass is 79.9. The highest BCUT2D eigenvalue weighted by Crippen LogP contribution is 2.34. The van der Waals surface area contributed by atoms with Crippen LogP contribution < -0.4 is 9.47 Å². The van der Waals surface area contributed by atoms with Crippen LogP contribution in [-0.4, -0.2) is 37.7 Å². The second kappa shape index (κ2) is 7.63. The summed E-state index contributed by atoms with van der Waals surface area (Å²) in [6.45, 7) is 1.74. The molecular formula is C12H14BrNO5. The van der Waals surface area contributed by atoms with Crippen LogP contribution in [0.25, 0.3) is 0 Å². The summed E-state index contributed by atoms with van der Waals surface area (Å²) < 4.78 is 16.0. The third kappa shape index (κ3) is 4.44. The minimum Gasteiger partial charge on any atom is -0.493 e. The summed E-state index contributed by atoms with van der Waals surface area (Å²) in [4.78, 5) is 11.3. The van der Waals surface area contributed by atoms with Gasteiger partial charge >= 0.3 is 5.97 Å². The Bertz CT molecular complexity index is 475. The minimum atomic E-state index is -0.487. The van der Waals surface area contributed by atoms with Crippen molar-refractivity contribution in [3.8, 4) is 11.5 Å². The number of benzene rings is 1. The zero-order chi connectivity index (χ0) is 14.3. The Morgan fingerprint density at radius 3 is 2.84 bits per heavy atom. The van der Waals surface area contributed by atoms with Gasteiger partial charge in [-0.2, -0.15) is 0 Å². The fourth-order valence-corrected chi connectivity index (χ4v) is 1.84. The predicted octanol–water partition coefficient (Wildman–Crippen LogP) is 2.21. The number of hydrogen-bond donors (Lipinski definition) is 1. The number of carbonyl (C=O) groups excluding carboxylic acids is 1. The molecule has 0 spiro atoms. The third-order valence-corrected chi connectivity index (χ3v) is 2.56. The van der Waals surface area contributed by atoms with Gasteiger partial charge in [-0.25, -0.2) is 4.79 Å². The van der Waals surface area contributed by atoms with Crippen molar-refractivity contribution in [2.24, 2.45) is 5.16 Å². The molecule has 0 radical (unpaired) electrons. The van der Waals surface area contributed by atoms with E-state index in [4.69, 9.17) is 19.4 Å². The Hall–Kier alpha value is -1.76. The van der Waals surface area contributed by atoms with Gasteiger partial charge in [-0.3, -0.25) is 0 Å². The maximum Gasteiger partial charge on any atom is 0.344 e. The molecule has 0 saturated carbocycles. The molecule has 6 nitrogen and oxygen atoms in total. The average molecular weight is 332 g/mol. The van der Waals surface area contributed by atoms with Crippen LogP contribution in [-0.2, 0) is 9.53 Å². The molecule has 7 heteroatoms. The van der Waals surface area contributed by atoms with Gasteiger partial charge in [0.2, 0.25) is 0 Å². The molecule has 0 aliphatic rings. The van der Waals surface area contributed by atoms with Gasteiger partial charge in [0.25, 0.3) is 0 Å². The van der Waals surface area contributed by atoms with Crippen LogP contribution >= 0.6 is 15.9 Å². The van der Waals surface area contributed by atoms with Crippen molar-refractivity contribution in [1.29, 1.82) is 0 Å². The summed E-state index contributed by atoms with van der Waals surface area (Å²) >= 11 is 3.29. The predicted molar refractivity (Wildman–Crippen MR) is 72.2 cm³/mol. The molecule has 1 rings (SSSR count). The van der Waals surface area contributed by atoms with E-state index in [2.05, 4.69) is 21.1 Å². The molecule has 104 valence electrons. The lowest BCUT2D eigenvalue weighted by molar-refractivity contribution is -0.145. The van der Waals surface area contributed by atoms with Crippen LogP contribution in [0.4, 0.5) is 0 Å². The smallest absolute Gasteiger partial charge is 0.344 e. The Balaban J connectivity index is 2.99. The van der Waals surface area contributed by atoms with Crippen LogP contribution in [0.5, 0.6) is 11.5 Å². The fourth-order valence-electron chi connectivity index (χ4n) is 1.39. The summed E-state index contributed by atoms with van der Waals surface area (Å²) in [5.74, 6) is 0.226. The Labute approximate surface area is 119 Å². The molecule has 0 aliphatic heterocycles. The van der Waals surface area contributed by atoms with E-state index in [0.29, 0.717) is 17.1 Å². The molecular weight excluding hydrogens is 318 g/mol. The van der Waals surface area contributed by atoms with Crippen molar-refractivity contribution >= 4 is 28.1 Å². The van der Waals surface area contributed by atoms with Gasteiger partial charge in [0.15, 0.2) is 18.1 Å². The molecule has 0 fully saturated rings. The van der Waals surface area contributed by atoms with Gasteiger partial charge in [-0.15, -0.1) is 0 Å². The number of hydrogen-bond acceptors (Lipinski definition) is 6. The van der Waals surface area contributed by atoms with E-state index in [0.717, 1.165) is 4.47 Å². The Kier molecular flexibility index (Phi) is 6.14. The average Bonchev–Trinajstić information content (AvgIpc) is 2.37. The molecule has 0 amide bonds. The molecule has 19 heavy (non-hydrogen) atoms. The summed E-state index contributed by atoms with van der Waals surface area (Å²) in [6.07, 6.45) is 1.19. The van der Waals surface area contributed by atoms with Crippen molar-refractivity contribution in [2.45, 2.75) is 6.92 Å². The van der Waals surface area contributed by atoms with Crippen molar-refractivity contribution in [1.82, 2.24) is 0 Å². The highest BCUT2D eigenvalue weighted by molar-refractivity contribution is 9.10. The summed E-state index contributed by atoms with van der Waals surface area (Å²) in [6, 6.07) is 3.35. The second-order valence-corrected chi connectivity index (χ2v) is 4.28. The molecule has 0 saturated heterocycles. The fraction of sp³-hybridized carbons (Fsp3) is 0.333. The van der Waals surface area contributed by atoms with Gasteiger partial charge in [-0.1, -0.05) is 21.1 Å². The molecule has 0 atom stereocenters. The number of carbonyl (C=O) groups is 1. The molecule has 1 N–H and O–H groups in total.